The summed E-state index contributed by atoms with van der Waals surface area (Å²) in [6.07, 6.45) is 0.0231. The van der Waals surface area contributed by atoms with E-state index in [0.717, 1.165) is 0 Å². The van der Waals surface area contributed by atoms with Gasteiger partial charge in [0, 0.05) is 0 Å². The largest absolute Gasteiger partial charge is 0.379 e. The smallest absolute Gasteiger partial charge is 0.291 e. The van der Waals surface area contributed by atoms with E-state index in [4.69, 9.17) is 26.2 Å². The van der Waals surface area contributed by atoms with Crippen molar-refractivity contribution in [2.75, 3.05) is 0 Å². The first-order valence-electron chi connectivity index (χ1n) is 2.27. The molecule has 0 aliphatic carbocycles. The lowest BCUT2D eigenvalue weighted by atomic mass is 10.5. The van der Waals surface area contributed by atoms with E-state index >= 15 is 0 Å². The van der Waals surface area contributed by atoms with Crippen LogP contribution in [0, 0.1) is 10.1 Å². The van der Waals surface area contributed by atoms with Gasteiger partial charge in [-0.3, -0.25) is 0 Å². The Bertz CT molecular complexity index is 70.2. The fourth-order valence-corrected chi connectivity index (χ4v) is 0. The van der Waals surface area contributed by atoms with Crippen LogP contribution in [0.3, 0.4) is 0 Å². The molecular formula is C3H10N2O4. The summed E-state index contributed by atoms with van der Waals surface area (Å²) in [6, 6.07) is 0. The predicted octanol–water partition coefficient (Wildman–Crippen LogP) is -0.674. The van der Waals surface area contributed by atoms with Crippen LogP contribution in [-0.2, 0) is 0 Å². The lowest BCUT2D eigenvalue weighted by Gasteiger charge is -1.91. The molecule has 1 unspecified atom stereocenters. The fourth-order valence-electron chi connectivity index (χ4n) is 0. The maximum absolute atomic E-state index is 8.36. The second-order valence-corrected chi connectivity index (χ2v) is 1.21. The molecule has 0 bridgehead atoms. The van der Waals surface area contributed by atoms with Crippen LogP contribution < -0.4 is 5.73 Å². The molecule has 4 N–H and O–H groups in total. The van der Waals surface area contributed by atoms with Crippen LogP contribution in [0.5, 0.6) is 0 Å². The maximum atomic E-state index is 8.36. The van der Waals surface area contributed by atoms with Gasteiger partial charge in [-0.2, -0.15) is 0 Å². The standard InChI is InChI=1S/C3H9NO.HNO3/c1-2-3(4)5;2-1(3)4/h3,5H,2,4H2,1H3;(H,2,3,4). The van der Waals surface area contributed by atoms with Gasteiger partial charge < -0.3 is 16.0 Å². The molecule has 0 rings (SSSR count). The van der Waals surface area contributed by atoms with Crippen LogP contribution in [0.4, 0.5) is 0 Å². The van der Waals surface area contributed by atoms with E-state index in [1.165, 1.54) is 0 Å². The Morgan fingerprint density at radius 2 is 2.00 bits per heavy atom. The van der Waals surface area contributed by atoms with Crippen molar-refractivity contribution in [3.05, 3.63) is 10.1 Å². The zero-order valence-corrected chi connectivity index (χ0v) is 5.02. The van der Waals surface area contributed by atoms with Crippen molar-refractivity contribution in [3.8, 4) is 0 Å². The topological polar surface area (TPSA) is 110 Å². The van der Waals surface area contributed by atoms with Gasteiger partial charge in [-0.05, 0) is 6.42 Å². The minimum atomic E-state index is -1.50. The third kappa shape index (κ3) is 149. The van der Waals surface area contributed by atoms with Crippen LogP contribution in [0.25, 0.3) is 0 Å². The normalized spacial score (nSPS) is 11.0. The lowest BCUT2D eigenvalue weighted by Crippen LogP contribution is -2.16. The van der Waals surface area contributed by atoms with Crippen molar-refractivity contribution >= 4 is 0 Å². The summed E-state index contributed by atoms with van der Waals surface area (Å²) in [5, 5.41) is 21.8. The molecule has 0 aromatic carbocycles. The molecule has 0 fully saturated rings. The van der Waals surface area contributed by atoms with E-state index in [2.05, 4.69) is 0 Å². The van der Waals surface area contributed by atoms with Gasteiger partial charge in [-0.15, -0.1) is 10.1 Å². The molecule has 6 heteroatoms. The quantitative estimate of drug-likeness (QED) is 0.253. The van der Waals surface area contributed by atoms with Gasteiger partial charge in [0.25, 0.3) is 5.09 Å². The summed E-state index contributed by atoms with van der Waals surface area (Å²) < 4.78 is 0. The van der Waals surface area contributed by atoms with E-state index in [1.807, 2.05) is 6.92 Å². The Kier molecular flexibility index (Phi) is 8.69. The van der Waals surface area contributed by atoms with Crippen molar-refractivity contribution in [2.24, 2.45) is 5.73 Å². The van der Waals surface area contributed by atoms with E-state index < -0.39 is 11.3 Å². The van der Waals surface area contributed by atoms with Crippen molar-refractivity contribution in [1.82, 2.24) is 0 Å². The molecule has 0 aliphatic heterocycles. The summed E-state index contributed by atoms with van der Waals surface area (Å²) in [6.45, 7) is 1.82. The molecule has 0 spiro atoms. The number of hydrogen-bond acceptors (Lipinski definition) is 4. The Balaban J connectivity index is 0. The second kappa shape index (κ2) is 7.12. The highest BCUT2D eigenvalue weighted by Gasteiger charge is 1.81. The highest BCUT2D eigenvalue weighted by Crippen LogP contribution is 1.72. The predicted molar refractivity (Wildman–Crippen MR) is 29.3 cm³/mol. The molecular weight excluding hydrogens is 128 g/mol. The minimum Gasteiger partial charge on any atom is -0.379 e. The molecule has 0 aromatic rings. The number of aliphatic hydroxyl groups is 1. The first-order valence-corrected chi connectivity index (χ1v) is 2.27. The number of nitrogens with zero attached hydrogens (tertiary/aromatic N) is 1. The lowest BCUT2D eigenvalue weighted by molar-refractivity contribution is -0.742. The summed E-state index contributed by atoms with van der Waals surface area (Å²) in [4.78, 5) is 8.36. The van der Waals surface area contributed by atoms with Crippen LogP contribution in [0.1, 0.15) is 13.3 Å². The molecule has 0 saturated carbocycles. The molecule has 56 valence electrons. The zero-order chi connectivity index (χ0) is 7.86. The molecule has 6 nitrogen and oxygen atoms in total. The number of aliphatic hydroxyl groups excluding tert-OH is 1. The molecule has 0 radical (unpaired) electrons. The van der Waals surface area contributed by atoms with Gasteiger partial charge in [-0.25, -0.2) is 0 Å². The Morgan fingerprint density at radius 3 is 2.00 bits per heavy atom. The van der Waals surface area contributed by atoms with Gasteiger partial charge in [0.15, 0.2) is 0 Å². The SMILES string of the molecule is CCC(N)O.O=[N+]([O-])O. The zero-order valence-electron chi connectivity index (χ0n) is 5.02. The van der Waals surface area contributed by atoms with Gasteiger partial charge in [0.1, 0.15) is 6.23 Å². The van der Waals surface area contributed by atoms with Crippen LogP contribution in [-0.4, -0.2) is 21.6 Å². The maximum Gasteiger partial charge on any atom is 0.291 e. The number of hydrogen-bond donors (Lipinski definition) is 3. The molecule has 0 saturated heterocycles. The van der Waals surface area contributed by atoms with E-state index in [0.29, 0.717) is 6.42 Å². The van der Waals surface area contributed by atoms with Crippen LogP contribution in [0.15, 0.2) is 0 Å². The first-order chi connectivity index (χ1) is 4.00. The molecule has 1 atom stereocenters. The van der Waals surface area contributed by atoms with E-state index in [9.17, 15) is 0 Å². The van der Waals surface area contributed by atoms with Crippen LogP contribution >= 0.6 is 0 Å². The highest BCUT2D eigenvalue weighted by atomic mass is 16.9. The molecule has 0 amide bonds. The molecule has 0 aliphatic rings. The molecule has 9 heavy (non-hydrogen) atoms. The van der Waals surface area contributed by atoms with Crippen molar-refractivity contribution in [2.45, 2.75) is 19.6 Å². The third-order valence-corrected chi connectivity index (χ3v) is 0.418. The summed E-state index contributed by atoms with van der Waals surface area (Å²) in [5.41, 5.74) is 4.85. The van der Waals surface area contributed by atoms with Crippen molar-refractivity contribution < 1.29 is 15.4 Å². The summed E-state index contributed by atoms with van der Waals surface area (Å²) in [7, 11) is 0. The third-order valence-electron chi connectivity index (χ3n) is 0.418. The Morgan fingerprint density at radius 1 is 1.89 bits per heavy atom. The summed E-state index contributed by atoms with van der Waals surface area (Å²) >= 11 is 0. The van der Waals surface area contributed by atoms with E-state index in [1.54, 1.807) is 0 Å². The second-order valence-electron chi connectivity index (χ2n) is 1.21. The van der Waals surface area contributed by atoms with Crippen LogP contribution in [0.2, 0.25) is 0 Å². The van der Waals surface area contributed by atoms with Gasteiger partial charge in [0.2, 0.25) is 0 Å². The Hall–Kier alpha value is -0.880. The average Bonchev–Trinajstić information content (AvgIpc) is 1.65. The molecule has 0 aromatic heterocycles. The first kappa shape index (κ1) is 11.0. The fraction of sp³-hybridized carbons (Fsp3) is 1.00. The summed E-state index contributed by atoms with van der Waals surface area (Å²) in [5.74, 6) is 0. The molecule has 0 heterocycles. The average molecular weight is 138 g/mol. The van der Waals surface area contributed by atoms with Gasteiger partial charge >= 0.3 is 0 Å². The monoisotopic (exact) mass is 138 g/mol. The van der Waals surface area contributed by atoms with Gasteiger partial charge in [-0.1, -0.05) is 6.92 Å². The minimum absolute atomic E-state index is 0.616. The highest BCUT2D eigenvalue weighted by molar-refractivity contribution is 4.31. The Labute approximate surface area is 52.0 Å². The number of rotatable bonds is 1. The number of nitrogens with two attached hydrogens (primary N) is 1. The van der Waals surface area contributed by atoms with Crippen molar-refractivity contribution in [3.63, 3.8) is 0 Å². The van der Waals surface area contributed by atoms with E-state index in [-0.39, 0.29) is 0 Å². The van der Waals surface area contributed by atoms with Gasteiger partial charge in [0.05, 0.1) is 0 Å². The van der Waals surface area contributed by atoms with Crippen molar-refractivity contribution in [1.29, 1.82) is 0 Å².